The Morgan fingerprint density at radius 2 is 2.06 bits per heavy atom. The number of halogens is 2. The Hall–Kier alpha value is -2.33. The number of ether oxygens (including phenoxy) is 1. The molecule has 0 spiro atoms. The second kappa shape index (κ2) is 8.71. The monoisotopic (exact) mass is 486 g/mol. The van der Waals surface area contributed by atoms with Crippen LogP contribution in [0.2, 0.25) is 5.15 Å². The Bertz CT molecular complexity index is 1220. The third-order valence-electron chi connectivity index (χ3n) is 7.30. The van der Waals surface area contributed by atoms with E-state index in [1.54, 1.807) is 12.4 Å². The molecule has 2 aromatic heterocycles. The molecule has 0 radical (unpaired) electrons. The van der Waals surface area contributed by atoms with Gasteiger partial charge in [-0.25, -0.2) is 19.0 Å². The predicted molar refractivity (Wildman–Crippen MR) is 128 cm³/mol. The topological polar surface area (TPSA) is 88.3 Å². The molecule has 10 heteroatoms. The van der Waals surface area contributed by atoms with E-state index in [0.717, 1.165) is 41.4 Å². The number of aliphatic hydroxyl groups excluding tert-OH is 1. The Morgan fingerprint density at radius 1 is 1.21 bits per heavy atom. The molecule has 0 amide bonds. The fourth-order valence-electron chi connectivity index (χ4n) is 5.25. The fraction of sp³-hybridized carbons (Fsp3) is 0.542. The molecule has 6 rings (SSSR count). The van der Waals surface area contributed by atoms with Gasteiger partial charge in [0.05, 0.1) is 48.8 Å². The van der Waals surface area contributed by atoms with E-state index in [1.165, 1.54) is 0 Å². The molecule has 2 aliphatic heterocycles. The van der Waals surface area contributed by atoms with E-state index in [-0.39, 0.29) is 12.0 Å². The van der Waals surface area contributed by atoms with Crippen LogP contribution < -0.4 is 5.32 Å². The molecule has 180 valence electrons. The molecule has 2 N–H and O–H groups in total. The van der Waals surface area contributed by atoms with E-state index in [9.17, 15) is 5.11 Å². The van der Waals surface area contributed by atoms with Gasteiger partial charge in [-0.2, -0.15) is 5.10 Å². The van der Waals surface area contributed by atoms with Crippen LogP contribution in [0.5, 0.6) is 0 Å². The summed E-state index contributed by atoms with van der Waals surface area (Å²) in [7, 11) is 0. The van der Waals surface area contributed by atoms with Crippen LogP contribution in [-0.2, 0) is 4.74 Å². The first-order valence-electron chi connectivity index (χ1n) is 11.9. The van der Waals surface area contributed by atoms with Gasteiger partial charge in [0.15, 0.2) is 5.15 Å². The van der Waals surface area contributed by atoms with E-state index in [1.807, 2.05) is 28.6 Å². The minimum Gasteiger partial charge on any atom is -0.389 e. The number of benzene rings is 1. The number of aliphatic hydroxyl groups is 1. The fourth-order valence-corrected chi connectivity index (χ4v) is 5.53. The number of nitrogens with one attached hydrogen (secondary N) is 1. The van der Waals surface area contributed by atoms with Crippen molar-refractivity contribution in [1.82, 2.24) is 24.6 Å². The van der Waals surface area contributed by atoms with Crippen LogP contribution in [0.4, 0.5) is 16.0 Å². The number of alkyl halides is 1. The number of likely N-dealkylation sites (tertiary alicyclic amines) is 1. The highest BCUT2D eigenvalue weighted by Crippen LogP contribution is 2.39. The maximum Gasteiger partial charge on any atom is 0.227 e. The summed E-state index contributed by atoms with van der Waals surface area (Å²) in [5.74, 6) is 0.221. The molecule has 2 saturated heterocycles. The van der Waals surface area contributed by atoms with Gasteiger partial charge in [0.1, 0.15) is 6.17 Å². The highest BCUT2D eigenvalue weighted by molar-refractivity contribution is 6.32. The second-order valence-corrected chi connectivity index (χ2v) is 10.0. The molecular formula is C24H28ClFN6O2. The van der Waals surface area contributed by atoms with Gasteiger partial charge in [-0.3, -0.25) is 4.90 Å². The number of fused-ring (bicyclic) bond motifs is 1. The summed E-state index contributed by atoms with van der Waals surface area (Å²) in [6, 6.07) is 4.29. The van der Waals surface area contributed by atoms with E-state index >= 15 is 4.39 Å². The molecule has 1 saturated carbocycles. The lowest BCUT2D eigenvalue weighted by Crippen LogP contribution is -2.50. The van der Waals surface area contributed by atoms with Crippen molar-refractivity contribution in [3.8, 4) is 0 Å². The third kappa shape index (κ3) is 4.04. The van der Waals surface area contributed by atoms with E-state index in [0.29, 0.717) is 49.0 Å². The van der Waals surface area contributed by atoms with Crippen LogP contribution in [0.1, 0.15) is 42.3 Å². The number of hydrogen-bond acceptors (Lipinski definition) is 7. The maximum absolute atomic E-state index is 15.4. The van der Waals surface area contributed by atoms with Crippen molar-refractivity contribution in [2.45, 2.75) is 56.5 Å². The first-order valence-corrected chi connectivity index (χ1v) is 12.3. The average Bonchev–Trinajstić information content (AvgIpc) is 3.47. The first-order chi connectivity index (χ1) is 16.5. The highest BCUT2D eigenvalue weighted by atomic mass is 35.5. The Labute approximate surface area is 202 Å². The Balaban J connectivity index is 1.23. The highest BCUT2D eigenvalue weighted by Gasteiger charge is 2.38. The van der Waals surface area contributed by atoms with Crippen molar-refractivity contribution in [3.05, 3.63) is 40.8 Å². The van der Waals surface area contributed by atoms with Crippen molar-refractivity contribution in [2.75, 3.05) is 31.6 Å². The van der Waals surface area contributed by atoms with Gasteiger partial charge < -0.3 is 15.2 Å². The maximum atomic E-state index is 15.4. The first kappa shape index (κ1) is 22.2. The third-order valence-corrected chi connectivity index (χ3v) is 7.68. The number of hydrogen-bond donors (Lipinski definition) is 2. The van der Waals surface area contributed by atoms with Gasteiger partial charge in [0.25, 0.3) is 0 Å². The zero-order valence-electron chi connectivity index (χ0n) is 19.0. The van der Waals surface area contributed by atoms with Gasteiger partial charge >= 0.3 is 0 Å². The minimum absolute atomic E-state index is 0.116. The summed E-state index contributed by atoms with van der Waals surface area (Å²) in [5.41, 5.74) is 3.45. The lowest BCUT2D eigenvalue weighted by Gasteiger charge is -2.39. The number of aryl methyl sites for hydroxylation is 1. The zero-order chi connectivity index (χ0) is 23.4. The second-order valence-electron chi connectivity index (χ2n) is 9.69. The van der Waals surface area contributed by atoms with Gasteiger partial charge in [0.2, 0.25) is 5.95 Å². The summed E-state index contributed by atoms with van der Waals surface area (Å²) in [6.45, 7) is 3.83. The van der Waals surface area contributed by atoms with Gasteiger partial charge in [-0.05, 0) is 56.0 Å². The van der Waals surface area contributed by atoms with E-state index in [4.69, 9.17) is 21.3 Å². The molecule has 4 atom stereocenters. The lowest BCUT2D eigenvalue weighted by atomic mass is 9.84. The summed E-state index contributed by atoms with van der Waals surface area (Å²) < 4.78 is 22.6. The van der Waals surface area contributed by atoms with Crippen molar-refractivity contribution < 1.29 is 14.2 Å². The quantitative estimate of drug-likeness (QED) is 0.567. The zero-order valence-corrected chi connectivity index (χ0v) is 19.7. The average molecular weight is 487 g/mol. The van der Waals surface area contributed by atoms with Crippen LogP contribution in [-0.4, -0.2) is 74.4 Å². The van der Waals surface area contributed by atoms with Crippen LogP contribution >= 0.6 is 11.6 Å². The van der Waals surface area contributed by atoms with Crippen LogP contribution in [0.25, 0.3) is 10.9 Å². The summed E-state index contributed by atoms with van der Waals surface area (Å²) >= 11 is 6.47. The smallest absolute Gasteiger partial charge is 0.227 e. The van der Waals surface area contributed by atoms with E-state index < -0.39 is 12.3 Å². The Kier molecular flexibility index (Phi) is 5.68. The van der Waals surface area contributed by atoms with Gasteiger partial charge in [-0.1, -0.05) is 11.6 Å². The molecule has 4 heterocycles. The molecule has 34 heavy (non-hydrogen) atoms. The SMILES string of the molecule is Cc1cc2cnc(Nc3cnn(C4CC4)c3Cl)nc2cc1[C@@H]1CCN(C2COC[C@H]2O)CC1F. The number of aromatic nitrogens is 4. The largest absolute Gasteiger partial charge is 0.389 e. The molecule has 3 aromatic rings. The summed E-state index contributed by atoms with van der Waals surface area (Å²) in [6.07, 6.45) is 4.78. The molecule has 8 nitrogen and oxygen atoms in total. The number of anilines is 2. The summed E-state index contributed by atoms with van der Waals surface area (Å²) in [5, 5.41) is 19.1. The molecule has 3 fully saturated rings. The van der Waals surface area contributed by atoms with Crippen molar-refractivity contribution >= 4 is 34.1 Å². The standard InChI is InChI=1S/C24H28ClFN6O2/c1-13-6-14-8-27-24(30-20-9-28-32(23(20)25)15-2-3-15)29-19(14)7-17(13)16-4-5-31(10-18(16)26)21-11-34-12-22(21)33/h6-9,15-16,18,21-22,33H,2-5,10-12H2,1H3,(H,27,29,30)/t16-,18?,21?,22+/m0/s1. The number of piperidine rings is 1. The molecule has 1 aliphatic carbocycles. The van der Waals surface area contributed by atoms with Crippen molar-refractivity contribution in [3.63, 3.8) is 0 Å². The normalized spacial score (nSPS) is 28.0. The summed E-state index contributed by atoms with van der Waals surface area (Å²) in [4.78, 5) is 11.2. The molecule has 3 aliphatic rings. The minimum atomic E-state index is -1.02. The molecule has 0 bridgehead atoms. The molecular weight excluding hydrogens is 459 g/mol. The van der Waals surface area contributed by atoms with Gasteiger partial charge in [0, 0.05) is 24.0 Å². The lowest BCUT2D eigenvalue weighted by molar-refractivity contribution is 0.0352. The number of rotatable bonds is 5. The Morgan fingerprint density at radius 3 is 2.79 bits per heavy atom. The number of nitrogens with zero attached hydrogens (tertiary/aromatic N) is 5. The van der Waals surface area contributed by atoms with Crippen LogP contribution in [0, 0.1) is 6.92 Å². The molecule has 2 unspecified atom stereocenters. The van der Waals surface area contributed by atoms with Crippen LogP contribution in [0.15, 0.2) is 24.5 Å². The van der Waals surface area contributed by atoms with Crippen LogP contribution in [0.3, 0.4) is 0 Å². The van der Waals surface area contributed by atoms with Crippen molar-refractivity contribution in [1.29, 1.82) is 0 Å². The van der Waals surface area contributed by atoms with E-state index in [2.05, 4.69) is 15.4 Å². The predicted octanol–water partition coefficient (Wildman–Crippen LogP) is 3.75. The molecule has 1 aromatic carbocycles. The van der Waals surface area contributed by atoms with Crippen molar-refractivity contribution in [2.24, 2.45) is 0 Å². The van der Waals surface area contributed by atoms with Gasteiger partial charge in [-0.15, -0.1) is 0 Å².